The maximum atomic E-state index is 12.2. The summed E-state index contributed by atoms with van der Waals surface area (Å²) in [7, 11) is 0. The molecule has 1 unspecified atom stereocenters. The van der Waals surface area contributed by atoms with Gasteiger partial charge >= 0.3 is 0 Å². The Bertz CT molecular complexity index is 519. The highest BCUT2D eigenvalue weighted by Gasteiger charge is 2.20. The maximum absolute atomic E-state index is 12.2. The molecule has 0 aromatic carbocycles. The van der Waals surface area contributed by atoms with Crippen molar-refractivity contribution in [1.82, 2.24) is 9.78 Å². The standard InChI is InChI=1S/C15H26N4O2S/c1-12(2)22-8-6-19-15(20)9-13(10-17-19)18-5-7-21-14(11-18)3-4-16/h9-10,12,14H,3-8,11,16H2,1-2H3. The summed E-state index contributed by atoms with van der Waals surface area (Å²) in [4.78, 5) is 14.3. The lowest BCUT2D eigenvalue weighted by Gasteiger charge is -2.34. The van der Waals surface area contributed by atoms with Crippen LogP contribution in [0.25, 0.3) is 0 Å². The number of hydrogen-bond acceptors (Lipinski definition) is 6. The number of rotatable bonds is 7. The monoisotopic (exact) mass is 326 g/mol. The summed E-state index contributed by atoms with van der Waals surface area (Å²) >= 11 is 1.83. The molecular weight excluding hydrogens is 300 g/mol. The second-order valence-corrected chi connectivity index (χ2v) is 7.40. The van der Waals surface area contributed by atoms with E-state index in [1.807, 2.05) is 11.8 Å². The van der Waals surface area contributed by atoms with Crippen molar-refractivity contribution in [3.05, 3.63) is 22.6 Å². The van der Waals surface area contributed by atoms with E-state index in [0.717, 1.165) is 31.0 Å². The van der Waals surface area contributed by atoms with Crippen LogP contribution >= 0.6 is 11.8 Å². The van der Waals surface area contributed by atoms with E-state index in [0.29, 0.717) is 24.9 Å². The Morgan fingerprint density at radius 1 is 1.55 bits per heavy atom. The van der Waals surface area contributed by atoms with E-state index in [1.165, 1.54) is 4.68 Å². The van der Waals surface area contributed by atoms with Crippen molar-refractivity contribution < 1.29 is 4.74 Å². The third-order valence-corrected chi connectivity index (χ3v) is 4.69. The Balaban J connectivity index is 1.97. The summed E-state index contributed by atoms with van der Waals surface area (Å²) in [6, 6.07) is 1.68. The van der Waals surface area contributed by atoms with Crippen LogP contribution in [0.5, 0.6) is 0 Å². The topological polar surface area (TPSA) is 73.4 Å². The van der Waals surface area contributed by atoms with Gasteiger partial charge in [-0.15, -0.1) is 0 Å². The van der Waals surface area contributed by atoms with E-state index in [-0.39, 0.29) is 11.7 Å². The molecule has 1 aliphatic heterocycles. The van der Waals surface area contributed by atoms with Crippen LogP contribution in [0.3, 0.4) is 0 Å². The number of ether oxygens (including phenoxy) is 1. The molecule has 1 aromatic heterocycles. The van der Waals surface area contributed by atoms with Crippen LogP contribution in [0.4, 0.5) is 5.69 Å². The number of morpholine rings is 1. The molecular formula is C15H26N4O2S. The molecule has 1 aliphatic rings. The lowest BCUT2D eigenvalue weighted by Crippen LogP contribution is -2.44. The van der Waals surface area contributed by atoms with Crippen LogP contribution < -0.4 is 16.2 Å². The zero-order valence-electron chi connectivity index (χ0n) is 13.4. The molecule has 0 radical (unpaired) electrons. The molecule has 22 heavy (non-hydrogen) atoms. The second-order valence-electron chi connectivity index (χ2n) is 5.71. The van der Waals surface area contributed by atoms with E-state index in [9.17, 15) is 4.79 Å². The Morgan fingerprint density at radius 3 is 3.05 bits per heavy atom. The summed E-state index contributed by atoms with van der Waals surface area (Å²) in [5.41, 5.74) is 6.43. The molecule has 0 aliphatic carbocycles. The summed E-state index contributed by atoms with van der Waals surface area (Å²) in [5.74, 6) is 0.903. The number of thioether (sulfide) groups is 1. The van der Waals surface area contributed by atoms with Gasteiger partial charge in [-0.25, -0.2) is 4.68 Å². The second kappa shape index (κ2) is 8.55. The van der Waals surface area contributed by atoms with Crippen molar-refractivity contribution in [2.45, 2.75) is 38.2 Å². The van der Waals surface area contributed by atoms with Gasteiger partial charge in [0.15, 0.2) is 0 Å². The quantitative estimate of drug-likeness (QED) is 0.804. The van der Waals surface area contributed by atoms with Gasteiger partial charge < -0.3 is 15.4 Å². The molecule has 124 valence electrons. The van der Waals surface area contributed by atoms with Gasteiger partial charge in [0.25, 0.3) is 5.56 Å². The molecule has 1 saturated heterocycles. The predicted molar refractivity (Wildman–Crippen MR) is 91.7 cm³/mol. The van der Waals surface area contributed by atoms with E-state index in [4.69, 9.17) is 10.5 Å². The van der Waals surface area contributed by atoms with Gasteiger partial charge in [-0.3, -0.25) is 4.79 Å². The number of aryl methyl sites for hydroxylation is 1. The molecule has 1 fully saturated rings. The first-order chi connectivity index (χ1) is 10.6. The third kappa shape index (κ3) is 5.00. The van der Waals surface area contributed by atoms with Crippen LogP contribution in [0.1, 0.15) is 20.3 Å². The Hall–Kier alpha value is -1.05. The summed E-state index contributed by atoms with van der Waals surface area (Å²) < 4.78 is 7.21. The van der Waals surface area contributed by atoms with Crippen molar-refractivity contribution in [3.63, 3.8) is 0 Å². The Labute approximate surface area is 136 Å². The van der Waals surface area contributed by atoms with E-state index >= 15 is 0 Å². The smallest absolute Gasteiger partial charge is 0.268 e. The zero-order chi connectivity index (χ0) is 15.9. The normalized spacial score (nSPS) is 18.9. The van der Waals surface area contributed by atoms with Crippen LogP contribution in [0.15, 0.2) is 17.1 Å². The van der Waals surface area contributed by atoms with E-state index in [1.54, 1.807) is 12.3 Å². The van der Waals surface area contributed by atoms with E-state index in [2.05, 4.69) is 23.8 Å². The first-order valence-corrected chi connectivity index (χ1v) is 8.90. The van der Waals surface area contributed by atoms with Gasteiger partial charge in [-0.05, 0) is 18.2 Å². The number of aromatic nitrogens is 2. The SMILES string of the molecule is CC(C)SCCn1ncc(N2CCOC(CCN)C2)cc1=O. The van der Waals surface area contributed by atoms with Crippen molar-refractivity contribution >= 4 is 17.4 Å². The van der Waals surface area contributed by atoms with Crippen LogP contribution in [0.2, 0.25) is 0 Å². The van der Waals surface area contributed by atoms with Gasteiger partial charge in [0.1, 0.15) is 0 Å². The number of anilines is 1. The molecule has 0 amide bonds. The average molecular weight is 326 g/mol. The largest absolute Gasteiger partial charge is 0.374 e. The lowest BCUT2D eigenvalue weighted by atomic mass is 10.2. The van der Waals surface area contributed by atoms with Gasteiger partial charge in [-0.1, -0.05) is 13.8 Å². The van der Waals surface area contributed by atoms with Crippen LogP contribution in [-0.4, -0.2) is 53.1 Å². The van der Waals surface area contributed by atoms with Gasteiger partial charge in [0, 0.05) is 24.9 Å². The highest BCUT2D eigenvalue weighted by Crippen LogP contribution is 2.16. The molecule has 1 aromatic rings. The predicted octanol–water partition coefficient (Wildman–Crippen LogP) is 0.939. The minimum absolute atomic E-state index is 0.0382. The summed E-state index contributed by atoms with van der Waals surface area (Å²) in [5, 5.41) is 4.88. The van der Waals surface area contributed by atoms with Gasteiger partial charge in [-0.2, -0.15) is 16.9 Å². The molecule has 2 heterocycles. The molecule has 0 bridgehead atoms. The molecule has 0 spiro atoms. The van der Waals surface area contributed by atoms with Gasteiger partial charge in [0.05, 0.1) is 31.1 Å². The van der Waals surface area contributed by atoms with Crippen molar-refractivity contribution in [3.8, 4) is 0 Å². The first-order valence-electron chi connectivity index (χ1n) is 7.85. The van der Waals surface area contributed by atoms with Crippen LogP contribution in [-0.2, 0) is 11.3 Å². The molecule has 6 nitrogen and oxygen atoms in total. The lowest BCUT2D eigenvalue weighted by molar-refractivity contribution is 0.0368. The minimum Gasteiger partial charge on any atom is -0.374 e. The van der Waals surface area contributed by atoms with Crippen molar-refractivity contribution in [2.24, 2.45) is 5.73 Å². The van der Waals surface area contributed by atoms with Crippen LogP contribution in [0, 0.1) is 0 Å². The fourth-order valence-corrected chi connectivity index (χ4v) is 3.20. The van der Waals surface area contributed by atoms with Crippen molar-refractivity contribution in [2.75, 3.05) is 36.9 Å². The minimum atomic E-state index is -0.0382. The number of hydrogen-bond donors (Lipinski definition) is 1. The molecule has 2 N–H and O–H groups in total. The summed E-state index contributed by atoms with van der Waals surface area (Å²) in [6.07, 6.45) is 2.77. The fourth-order valence-electron chi connectivity index (χ4n) is 2.45. The average Bonchev–Trinajstić information content (AvgIpc) is 2.49. The number of nitrogens with zero attached hydrogens (tertiary/aromatic N) is 3. The highest BCUT2D eigenvalue weighted by atomic mass is 32.2. The molecule has 1 atom stereocenters. The maximum Gasteiger partial charge on any atom is 0.268 e. The molecule has 7 heteroatoms. The third-order valence-electron chi connectivity index (χ3n) is 3.60. The highest BCUT2D eigenvalue weighted by molar-refractivity contribution is 7.99. The van der Waals surface area contributed by atoms with Crippen molar-refractivity contribution in [1.29, 1.82) is 0 Å². The number of nitrogens with two attached hydrogens (primary N) is 1. The molecule has 0 saturated carbocycles. The van der Waals surface area contributed by atoms with E-state index < -0.39 is 0 Å². The molecule has 2 rings (SSSR count). The summed E-state index contributed by atoms with van der Waals surface area (Å²) in [6.45, 7) is 7.80. The first kappa shape index (κ1) is 17.3. The fraction of sp³-hybridized carbons (Fsp3) is 0.733. The van der Waals surface area contributed by atoms with Gasteiger partial charge in [0.2, 0.25) is 0 Å². The zero-order valence-corrected chi connectivity index (χ0v) is 14.2. The Kier molecular flexibility index (Phi) is 6.72. The Morgan fingerprint density at radius 2 is 2.36 bits per heavy atom.